The summed E-state index contributed by atoms with van der Waals surface area (Å²) >= 11 is 0. The fourth-order valence-electron chi connectivity index (χ4n) is 2.66. The third-order valence-electron chi connectivity index (χ3n) is 4.03. The molecule has 0 N–H and O–H groups in total. The molecule has 27 heavy (non-hydrogen) atoms. The molecule has 1 aromatic heterocycles. The van der Waals surface area contributed by atoms with Gasteiger partial charge in [0.05, 0.1) is 26.7 Å². The molecule has 2 aromatic carbocycles. The van der Waals surface area contributed by atoms with Crippen molar-refractivity contribution in [3.63, 3.8) is 0 Å². The molecule has 0 amide bonds. The minimum absolute atomic E-state index is 0.0281. The molecule has 138 valence electrons. The van der Waals surface area contributed by atoms with Crippen LogP contribution < -0.4 is 15.1 Å². The Morgan fingerprint density at radius 2 is 1.74 bits per heavy atom. The lowest BCUT2D eigenvalue weighted by Gasteiger charge is -2.09. The van der Waals surface area contributed by atoms with Crippen molar-refractivity contribution in [2.45, 2.75) is 0 Å². The number of hydrogen-bond acceptors (Lipinski definition) is 6. The molecule has 1 heterocycles. The van der Waals surface area contributed by atoms with E-state index in [2.05, 4.69) is 0 Å². The highest BCUT2D eigenvalue weighted by Crippen LogP contribution is 2.31. The molecule has 0 unspecified atom stereocenters. The summed E-state index contributed by atoms with van der Waals surface area (Å²) in [5.74, 6) is 0.353. The Morgan fingerprint density at radius 3 is 2.37 bits per heavy atom. The van der Waals surface area contributed by atoms with Gasteiger partial charge in [-0.1, -0.05) is 30.3 Å². The first-order valence-electron chi connectivity index (χ1n) is 8.12. The molecule has 0 aliphatic carbocycles. The summed E-state index contributed by atoms with van der Waals surface area (Å²) < 4.78 is 21.0. The van der Waals surface area contributed by atoms with Crippen molar-refractivity contribution < 1.29 is 23.4 Å². The first-order valence-corrected chi connectivity index (χ1v) is 8.12. The molecular weight excluding hydrogens is 348 g/mol. The van der Waals surface area contributed by atoms with Crippen LogP contribution >= 0.6 is 0 Å². The largest absolute Gasteiger partial charge is 0.496 e. The van der Waals surface area contributed by atoms with Crippen molar-refractivity contribution in [3.05, 3.63) is 75.8 Å². The van der Waals surface area contributed by atoms with Gasteiger partial charge in [-0.15, -0.1) is 0 Å². The lowest BCUT2D eigenvalue weighted by Crippen LogP contribution is -2.16. The smallest absolute Gasteiger partial charge is 0.347 e. The summed E-state index contributed by atoms with van der Waals surface area (Å²) in [6.45, 7) is 0. The Labute approximate surface area is 155 Å². The molecule has 0 saturated heterocycles. The number of fused-ring (bicyclic) bond motifs is 1. The number of carbonyl (C=O) groups excluding carboxylic acids is 1. The van der Waals surface area contributed by atoms with Gasteiger partial charge in [0, 0.05) is 12.1 Å². The van der Waals surface area contributed by atoms with Crippen LogP contribution in [0.15, 0.2) is 63.5 Å². The summed E-state index contributed by atoms with van der Waals surface area (Å²) in [7, 11) is 4.35. The van der Waals surface area contributed by atoms with E-state index in [1.54, 1.807) is 18.2 Å². The number of Topliss-reactive ketones (excluding diaryl/α,β-unsaturated/α-hetero) is 1. The van der Waals surface area contributed by atoms with Gasteiger partial charge in [0.1, 0.15) is 22.6 Å². The predicted octanol–water partition coefficient (Wildman–Crippen LogP) is 3.68. The van der Waals surface area contributed by atoms with Gasteiger partial charge < -0.3 is 18.6 Å². The summed E-state index contributed by atoms with van der Waals surface area (Å²) in [6.07, 6.45) is 1.57. The zero-order valence-electron chi connectivity index (χ0n) is 15.1. The minimum atomic E-state index is -0.765. The monoisotopic (exact) mass is 366 g/mol. The van der Waals surface area contributed by atoms with E-state index in [4.69, 9.17) is 18.6 Å². The molecule has 0 spiro atoms. The van der Waals surface area contributed by atoms with Gasteiger partial charge in [0.15, 0.2) is 5.76 Å². The third-order valence-corrected chi connectivity index (χ3v) is 4.03. The Morgan fingerprint density at radius 1 is 1.00 bits per heavy atom. The number of methoxy groups -OCH3 is 3. The SMILES string of the molecule is CO/C(=C\c1ccccc1)C(=O)c1cc2c(OC)cc(OC)cc2oc1=O. The van der Waals surface area contributed by atoms with E-state index in [9.17, 15) is 9.59 Å². The van der Waals surface area contributed by atoms with Crippen LogP contribution in [0.5, 0.6) is 11.5 Å². The molecule has 6 heteroatoms. The number of ketones is 1. The van der Waals surface area contributed by atoms with Crippen LogP contribution in [0.25, 0.3) is 17.0 Å². The Kier molecular flexibility index (Phi) is 5.26. The molecule has 0 aliphatic rings. The van der Waals surface area contributed by atoms with E-state index in [1.807, 2.05) is 30.3 Å². The fraction of sp³-hybridized carbons (Fsp3) is 0.143. The van der Waals surface area contributed by atoms with Crippen molar-refractivity contribution in [1.29, 1.82) is 0 Å². The molecular formula is C21H18O6. The van der Waals surface area contributed by atoms with Crippen LogP contribution in [-0.4, -0.2) is 27.1 Å². The second-order valence-corrected chi connectivity index (χ2v) is 5.64. The summed E-state index contributed by atoms with van der Waals surface area (Å²) in [5, 5.41) is 0.483. The van der Waals surface area contributed by atoms with Gasteiger partial charge >= 0.3 is 5.63 Å². The molecule has 6 nitrogen and oxygen atoms in total. The molecule has 3 aromatic rings. The quantitative estimate of drug-likeness (QED) is 0.287. The number of carbonyl (C=O) groups is 1. The van der Waals surface area contributed by atoms with Gasteiger partial charge in [-0.25, -0.2) is 4.79 Å². The van der Waals surface area contributed by atoms with Crippen LogP contribution in [0.4, 0.5) is 0 Å². The van der Waals surface area contributed by atoms with Crippen LogP contribution in [0.2, 0.25) is 0 Å². The fourth-order valence-corrected chi connectivity index (χ4v) is 2.66. The maximum Gasteiger partial charge on any atom is 0.347 e. The van der Waals surface area contributed by atoms with E-state index in [0.29, 0.717) is 16.9 Å². The highest BCUT2D eigenvalue weighted by Gasteiger charge is 2.20. The first-order chi connectivity index (χ1) is 13.1. The summed E-state index contributed by atoms with van der Waals surface area (Å²) in [6, 6.07) is 13.8. The molecule has 0 fully saturated rings. The second kappa shape index (κ2) is 7.78. The van der Waals surface area contributed by atoms with Crippen molar-refractivity contribution in [1.82, 2.24) is 0 Å². The number of rotatable bonds is 6. The maximum atomic E-state index is 12.8. The van der Waals surface area contributed by atoms with E-state index in [-0.39, 0.29) is 16.9 Å². The Hall–Kier alpha value is -3.54. The zero-order valence-corrected chi connectivity index (χ0v) is 15.1. The molecule has 0 saturated carbocycles. The van der Waals surface area contributed by atoms with Gasteiger partial charge in [0.25, 0.3) is 0 Å². The number of ether oxygens (including phenoxy) is 3. The van der Waals surface area contributed by atoms with E-state index in [1.165, 1.54) is 27.4 Å². The summed E-state index contributed by atoms with van der Waals surface area (Å²) in [4.78, 5) is 25.2. The average Bonchev–Trinajstić information content (AvgIpc) is 2.70. The molecule has 0 atom stereocenters. The van der Waals surface area contributed by atoms with Crippen molar-refractivity contribution in [2.75, 3.05) is 21.3 Å². The Bertz CT molecular complexity index is 1060. The van der Waals surface area contributed by atoms with Crippen LogP contribution in [-0.2, 0) is 4.74 Å². The zero-order chi connectivity index (χ0) is 19.4. The average molecular weight is 366 g/mol. The molecule has 0 aliphatic heterocycles. The van der Waals surface area contributed by atoms with Gasteiger partial charge in [-0.2, -0.15) is 0 Å². The molecule has 0 bridgehead atoms. The van der Waals surface area contributed by atoms with E-state index < -0.39 is 11.4 Å². The van der Waals surface area contributed by atoms with Crippen LogP contribution in [0, 0.1) is 0 Å². The lowest BCUT2D eigenvalue weighted by molar-refractivity contribution is 0.0954. The van der Waals surface area contributed by atoms with Gasteiger partial charge in [-0.3, -0.25) is 4.79 Å². The highest BCUT2D eigenvalue weighted by atomic mass is 16.5. The van der Waals surface area contributed by atoms with E-state index in [0.717, 1.165) is 5.56 Å². The first kappa shape index (κ1) is 18.3. The number of hydrogen-bond donors (Lipinski definition) is 0. The predicted molar refractivity (Wildman–Crippen MR) is 101 cm³/mol. The van der Waals surface area contributed by atoms with Gasteiger partial charge in [0.2, 0.25) is 5.78 Å². The topological polar surface area (TPSA) is 75.0 Å². The number of allylic oxidation sites excluding steroid dienone is 1. The summed E-state index contributed by atoms with van der Waals surface area (Å²) in [5.41, 5.74) is 0.128. The minimum Gasteiger partial charge on any atom is -0.496 e. The van der Waals surface area contributed by atoms with E-state index >= 15 is 0 Å². The van der Waals surface area contributed by atoms with Crippen molar-refractivity contribution >= 4 is 22.8 Å². The maximum absolute atomic E-state index is 12.8. The molecule has 0 radical (unpaired) electrons. The van der Waals surface area contributed by atoms with Crippen molar-refractivity contribution in [3.8, 4) is 11.5 Å². The molecule has 3 rings (SSSR count). The Balaban J connectivity index is 2.12. The van der Waals surface area contributed by atoms with Crippen molar-refractivity contribution in [2.24, 2.45) is 0 Å². The highest BCUT2D eigenvalue weighted by molar-refractivity contribution is 6.11. The normalized spacial score (nSPS) is 11.3. The lowest BCUT2D eigenvalue weighted by atomic mass is 10.1. The standard InChI is InChI=1S/C21H18O6/c1-24-14-10-17(25-2)15-12-16(21(23)27-18(15)11-14)20(22)19(26-3)9-13-7-5-4-6-8-13/h4-12H,1-3H3/b19-9-. The third kappa shape index (κ3) is 3.69. The second-order valence-electron chi connectivity index (χ2n) is 5.64. The van der Waals surface area contributed by atoms with Gasteiger partial charge in [-0.05, 0) is 17.7 Å². The van der Waals surface area contributed by atoms with Crippen LogP contribution in [0.1, 0.15) is 15.9 Å². The van der Waals surface area contributed by atoms with Crippen LogP contribution in [0.3, 0.4) is 0 Å². The number of benzene rings is 2.